The van der Waals surface area contributed by atoms with E-state index in [4.69, 9.17) is 4.42 Å². The number of hydrogen-bond acceptors (Lipinski definition) is 3. The van der Waals surface area contributed by atoms with Gasteiger partial charge >= 0.3 is 6.18 Å². The summed E-state index contributed by atoms with van der Waals surface area (Å²) in [4.78, 5) is 18.2. The third kappa shape index (κ3) is 6.77. The van der Waals surface area contributed by atoms with E-state index in [0.29, 0.717) is 44.0 Å². The number of aliphatic imine (C=N–C) groups is 1. The third-order valence-corrected chi connectivity index (χ3v) is 5.10. The average molecular weight is 436 g/mol. The summed E-state index contributed by atoms with van der Waals surface area (Å²) in [6.45, 7) is 3.74. The summed E-state index contributed by atoms with van der Waals surface area (Å²) in [7, 11) is 0. The minimum Gasteiger partial charge on any atom is -0.469 e. The predicted molar refractivity (Wildman–Crippen MR) is 111 cm³/mol. The minimum absolute atomic E-state index is 0.0341. The summed E-state index contributed by atoms with van der Waals surface area (Å²) in [5, 5.41) is 6.52. The fraction of sp³-hybridized carbons (Fsp3) is 0.455. The van der Waals surface area contributed by atoms with Gasteiger partial charge in [0.05, 0.1) is 18.4 Å². The standard InChI is InChI=1S/C22H27F3N4O2/c1-2-20(30)29-11-9-18(15-29)28-21(26-10-8-19-7-4-12-31-19)27-14-16-5-3-6-17(13-16)22(23,24)25/h3-7,12-13,18H,2,8-11,14-15H2,1H3,(H2,26,27,28). The molecule has 31 heavy (non-hydrogen) atoms. The number of carbonyl (C=O) groups excluding carboxylic acids is 1. The van der Waals surface area contributed by atoms with Gasteiger partial charge in [-0.3, -0.25) is 4.79 Å². The number of carbonyl (C=O) groups is 1. The number of rotatable bonds is 7. The van der Waals surface area contributed by atoms with Crippen LogP contribution in [0.25, 0.3) is 0 Å². The summed E-state index contributed by atoms with van der Waals surface area (Å²) < 4.78 is 44.2. The predicted octanol–water partition coefficient (Wildman–Crippen LogP) is 3.59. The zero-order chi connectivity index (χ0) is 22.3. The molecule has 1 unspecified atom stereocenters. The smallest absolute Gasteiger partial charge is 0.416 e. The highest BCUT2D eigenvalue weighted by atomic mass is 19.4. The van der Waals surface area contributed by atoms with Gasteiger partial charge < -0.3 is 20.0 Å². The number of benzene rings is 1. The number of likely N-dealkylation sites (tertiary alicyclic amines) is 1. The molecular weight excluding hydrogens is 409 g/mol. The van der Waals surface area contributed by atoms with Crippen LogP contribution in [0.2, 0.25) is 0 Å². The van der Waals surface area contributed by atoms with Crippen LogP contribution in [0.5, 0.6) is 0 Å². The second-order valence-corrected chi connectivity index (χ2v) is 7.44. The zero-order valence-electron chi connectivity index (χ0n) is 17.4. The first-order valence-electron chi connectivity index (χ1n) is 10.4. The molecule has 1 amide bonds. The number of nitrogens with one attached hydrogen (secondary N) is 2. The Morgan fingerprint density at radius 2 is 2.13 bits per heavy atom. The molecule has 168 valence electrons. The highest BCUT2D eigenvalue weighted by molar-refractivity contribution is 5.80. The van der Waals surface area contributed by atoms with Gasteiger partial charge in [-0.15, -0.1) is 0 Å². The maximum atomic E-state index is 13.0. The average Bonchev–Trinajstić information content (AvgIpc) is 3.43. The number of guanidine groups is 1. The third-order valence-electron chi connectivity index (χ3n) is 5.10. The Morgan fingerprint density at radius 1 is 1.29 bits per heavy atom. The van der Waals surface area contributed by atoms with E-state index in [1.54, 1.807) is 12.3 Å². The molecule has 2 aromatic rings. The fourth-order valence-corrected chi connectivity index (χ4v) is 3.45. The van der Waals surface area contributed by atoms with Gasteiger partial charge in [0.2, 0.25) is 5.91 Å². The van der Waals surface area contributed by atoms with Crippen molar-refractivity contribution in [1.29, 1.82) is 0 Å². The first-order chi connectivity index (χ1) is 14.8. The minimum atomic E-state index is -4.39. The molecule has 1 aromatic carbocycles. The van der Waals surface area contributed by atoms with Crippen LogP contribution in [0.15, 0.2) is 52.1 Å². The number of nitrogens with zero attached hydrogens (tertiary/aromatic N) is 2. The van der Waals surface area contributed by atoms with Crippen LogP contribution >= 0.6 is 0 Å². The summed E-state index contributed by atoms with van der Waals surface area (Å²) in [5.74, 6) is 1.43. The molecule has 1 atom stereocenters. The van der Waals surface area contributed by atoms with E-state index in [2.05, 4.69) is 15.6 Å². The quantitative estimate of drug-likeness (QED) is 0.514. The number of furan rings is 1. The molecular formula is C22H27F3N4O2. The largest absolute Gasteiger partial charge is 0.469 e. The zero-order valence-corrected chi connectivity index (χ0v) is 17.4. The normalized spacial score (nSPS) is 17.1. The van der Waals surface area contributed by atoms with Gasteiger partial charge in [0.15, 0.2) is 5.96 Å². The molecule has 1 aromatic heterocycles. The molecule has 0 aliphatic carbocycles. The van der Waals surface area contributed by atoms with Crippen molar-refractivity contribution in [2.45, 2.75) is 44.9 Å². The van der Waals surface area contributed by atoms with Gasteiger partial charge in [0.1, 0.15) is 5.76 Å². The van der Waals surface area contributed by atoms with Crippen molar-refractivity contribution in [3.8, 4) is 0 Å². The topological polar surface area (TPSA) is 69.9 Å². The van der Waals surface area contributed by atoms with Crippen LogP contribution in [0, 0.1) is 0 Å². The van der Waals surface area contributed by atoms with E-state index < -0.39 is 11.7 Å². The van der Waals surface area contributed by atoms with Gasteiger partial charge in [-0.05, 0) is 36.2 Å². The lowest BCUT2D eigenvalue weighted by Gasteiger charge is -2.19. The van der Waals surface area contributed by atoms with Crippen molar-refractivity contribution in [3.05, 3.63) is 59.5 Å². The SMILES string of the molecule is CCC(=O)N1CCC(NC(=NCc2cccc(C(F)(F)F)c2)NCCc2ccco2)C1. The Labute approximate surface area is 179 Å². The lowest BCUT2D eigenvalue weighted by Crippen LogP contribution is -2.45. The second-order valence-electron chi connectivity index (χ2n) is 7.44. The van der Waals surface area contributed by atoms with Crippen molar-refractivity contribution >= 4 is 11.9 Å². The van der Waals surface area contributed by atoms with Gasteiger partial charge in [0, 0.05) is 38.5 Å². The molecule has 0 bridgehead atoms. The summed E-state index contributed by atoms with van der Waals surface area (Å²) in [5.41, 5.74) is -0.221. The number of amides is 1. The number of halogens is 3. The molecule has 3 rings (SSSR count). The first-order valence-corrected chi connectivity index (χ1v) is 10.4. The van der Waals surface area contributed by atoms with Crippen molar-refractivity contribution in [2.75, 3.05) is 19.6 Å². The van der Waals surface area contributed by atoms with Crippen molar-refractivity contribution in [3.63, 3.8) is 0 Å². The molecule has 1 aliphatic heterocycles. The lowest BCUT2D eigenvalue weighted by molar-refractivity contribution is -0.137. The van der Waals surface area contributed by atoms with Gasteiger partial charge in [-0.2, -0.15) is 13.2 Å². The highest BCUT2D eigenvalue weighted by Crippen LogP contribution is 2.29. The Balaban J connectivity index is 1.65. The first kappa shape index (κ1) is 22.7. The van der Waals surface area contributed by atoms with Gasteiger partial charge in [-0.1, -0.05) is 19.1 Å². The Hall–Kier alpha value is -2.97. The van der Waals surface area contributed by atoms with E-state index >= 15 is 0 Å². The Kier molecular flexibility index (Phi) is 7.59. The molecule has 1 aliphatic rings. The maximum Gasteiger partial charge on any atom is 0.416 e. The van der Waals surface area contributed by atoms with Crippen LogP contribution in [0.4, 0.5) is 13.2 Å². The van der Waals surface area contributed by atoms with Crippen LogP contribution in [0.1, 0.15) is 36.7 Å². The molecule has 0 saturated carbocycles. The molecule has 2 N–H and O–H groups in total. The fourth-order valence-electron chi connectivity index (χ4n) is 3.45. The molecule has 1 saturated heterocycles. The van der Waals surface area contributed by atoms with Crippen molar-refractivity contribution in [1.82, 2.24) is 15.5 Å². The van der Waals surface area contributed by atoms with Crippen LogP contribution in [-0.2, 0) is 23.9 Å². The van der Waals surface area contributed by atoms with Crippen LogP contribution in [0.3, 0.4) is 0 Å². The molecule has 6 nitrogen and oxygen atoms in total. The van der Waals surface area contributed by atoms with E-state index in [0.717, 1.165) is 24.3 Å². The molecule has 1 fully saturated rings. The number of alkyl halides is 3. The molecule has 0 spiro atoms. The number of hydrogen-bond donors (Lipinski definition) is 2. The molecule has 0 radical (unpaired) electrons. The molecule has 9 heteroatoms. The van der Waals surface area contributed by atoms with E-state index in [-0.39, 0.29) is 18.5 Å². The van der Waals surface area contributed by atoms with E-state index in [1.807, 2.05) is 24.0 Å². The monoisotopic (exact) mass is 436 g/mol. The van der Waals surface area contributed by atoms with Crippen LogP contribution < -0.4 is 10.6 Å². The van der Waals surface area contributed by atoms with E-state index in [1.165, 1.54) is 6.07 Å². The highest BCUT2D eigenvalue weighted by Gasteiger charge is 2.30. The lowest BCUT2D eigenvalue weighted by atomic mass is 10.1. The van der Waals surface area contributed by atoms with Crippen LogP contribution in [-0.4, -0.2) is 42.4 Å². The summed E-state index contributed by atoms with van der Waals surface area (Å²) in [6, 6.07) is 8.89. The van der Waals surface area contributed by atoms with Crippen molar-refractivity contribution < 1.29 is 22.4 Å². The maximum absolute atomic E-state index is 13.0. The Bertz CT molecular complexity index is 881. The Morgan fingerprint density at radius 3 is 2.84 bits per heavy atom. The molecule has 2 heterocycles. The van der Waals surface area contributed by atoms with Gasteiger partial charge in [0.25, 0.3) is 0 Å². The van der Waals surface area contributed by atoms with Gasteiger partial charge in [-0.25, -0.2) is 4.99 Å². The summed E-state index contributed by atoms with van der Waals surface area (Å²) in [6.07, 6.45) is -0.892. The second kappa shape index (κ2) is 10.4. The van der Waals surface area contributed by atoms with E-state index in [9.17, 15) is 18.0 Å². The van der Waals surface area contributed by atoms with Crippen molar-refractivity contribution in [2.24, 2.45) is 4.99 Å². The summed E-state index contributed by atoms with van der Waals surface area (Å²) >= 11 is 0.